The van der Waals surface area contributed by atoms with Gasteiger partial charge in [0.15, 0.2) is 12.2 Å². The molecule has 0 bridgehead atoms. The molecule has 0 saturated carbocycles. The fourth-order valence-electron chi connectivity index (χ4n) is 3.05. The van der Waals surface area contributed by atoms with Crippen LogP contribution in [0.5, 0.6) is 5.75 Å². The Morgan fingerprint density at radius 3 is 2.63 bits per heavy atom. The van der Waals surface area contributed by atoms with Gasteiger partial charge in [-0.3, -0.25) is 4.79 Å². The molecule has 0 unspecified atom stereocenters. The van der Waals surface area contributed by atoms with E-state index in [1.165, 1.54) is 5.56 Å². The first-order valence-corrected chi connectivity index (χ1v) is 10.5. The van der Waals surface area contributed by atoms with Crippen molar-refractivity contribution < 1.29 is 13.9 Å². The van der Waals surface area contributed by atoms with Gasteiger partial charge in [0.25, 0.3) is 5.91 Å². The lowest BCUT2D eigenvalue weighted by atomic mass is 10.0. The topological polar surface area (TPSA) is 64.4 Å². The van der Waals surface area contributed by atoms with Gasteiger partial charge in [-0.2, -0.15) is 0 Å². The van der Waals surface area contributed by atoms with Gasteiger partial charge in [-0.15, -0.1) is 0 Å². The molecule has 1 amide bonds. The van der Waals surface area contributed by atoms with Gasteiger partial charge in [0.2, 0.25) is 5.89 Å². The normalized spacial score (nSPS) is 11.1. The third kappa shape index (κ3) is 4.71. The molecule has 0 radical (unpaired) electrons. The number of hydrogen-bond acceptors (Lipinski definition) is 4. The Morgan fingerprint density at radius 2 is 1.90 bits per heavy atom. The molecule has 30 heavy (non-hydrogen) atoms. The van der Waals surface area contributed by atoms with Crippen molar-refractivity contribution in [3.8, 4) is 17.2 Å². The van der Waals surface area contributed by atoms with E-state index in [0.29, 0.717) is 34.3 Å². The van der Waals surface area contributed by atoms with Crippen molar-refractivity contribution in [2.45, 2.75) is 19.8 Å². The van der Waals surface area contributed by atoms with Crippen LogP contribution in [-0.4, -0.2) is 17.5 Å². The summed E-state index contributed by atoms with van der Waals surface area (Å²) in [7, 11) is 0. The summed E-state index contributed by atoms with van der Waals surface area (Å²) in [6, 6.07) is 20.9. The SMILES string of the molecule is CC(C)c1ccc(OCC(=O)Nc2ccc3oc(-c4cccc(Br)c4)nc3c2)cc1. The van der Waals surface area contributed by atoms with E-state index in [4.69, 9.17) is 9.15 Å². The number of carbonyl (C=O) groups is 1. The lowest BCUT2D eigenvalue weighted by Gasteiger charge is -2.09. The molecule has 0 saturated heterocycles. The first-order valence-electron chi connectivity index (χ1n) is 9.67. The number of ether oxygens (including phenoxy) is 1. The smallest absolute Gasteiger partial charge is 0.262 e. The number of amides is 1. The molecule has 1 N–H and O–H groups in total. The van der Waals surface area contributed by atoms with Gasteiger partial charge in [0, 0.05) is 15.7 Å². The van der Waals surface area contributed by atoms with Crippen LogP contribution < -0.4 is 10.1 Å². The number of fused-ring (bicyclic) bond motifs is 1. The number of nitrogens with zero attached hydrogens (tertiary/aromatic N) is 1. The van der Waals surface area contributed by atoms with Crippen LogP contribution in [0.1, 0.15) is 25.3 Å². The Morgan fingerprint density at radius 1 is 1.10 bits per heavy atom. The highest BCUT2D eigenvalue weighted by atomic mass is 79.9. The fraction of sp³-hybridized carbons (Fsp3) is 0.167. The zero-order chi connectivity index (χ0) is 21.1. The number of oxazole rings is 1. The van der Waals surface area contributed by atoms with Crippen LogP contribution in [-0.2, 0) is 4.79 Å². The summed E-state index contributed by atoms with van der Waals surface area (Å²) in [6.45, 7) is 4.20. The number of benzene rings is 3. The van der Waals surface area contributed by atoms with Crippen LogP contribution in [0.25, 0.3) is 22.6 Å². The van der Waals surface area contributed by atoms with E-state index < -0.39 is 0 Å². The van der Waals surface area contributed by atoms with Gasteiger partial charge < -0.3 is 14.5 Å². The van der Waals surface area contributed by atoms with Gasteiger partial charge in [-0.05, 0) is 60.0 Å². The molecular weight excluding hydrogens is 444 g/mol. The highest BCUT2D eigenvalue weighted by Crippen LogP contribution is 2.28. The minimum atomic E-state index is -0.238. The lowest BCUT2D eigenvalue weighted by Crippen LogP contribution is -2.20. The Balaban J connectivity index is 1.41. The van der Waals surface area contributed by atoms with E-state index in [-0.39, 0.29) is 12.5 Å². The zero-order valence-electron chi connectivity index (χ0n) is 16.7. The zero-order valence-corrected chi connectivity index (χ0v) is 18.3. The first-order chi connectivity index (χ1) is 14.5. The Bertz CT molecular complexity index is 1180. The Hall–Kier alpha value is -3.12. The maximum Gasteiger partial charge on any atom is 0.262 e. The number of carbonyl (C=O) groups excluding carboxylic acids is 1. The highest BCUT2D eigenvalue weighted by molar-refractivity contribution is 9.10. The van der Waals surface area contributed by atoms with Crippen LogP contribution in [0.15, 0.2) is 75.6 Å². The second-order valence-corrected chi connectivity index (χ2v) is 8.19. The van der Waals surface area contributed by atoms with E-state index in [9.17, 15) is 4.79 Å². The van der Waals surface area contributed by atoms with E-state index in [2.05, 4.69) is 40.1 Å². The summed E-state index contributed by atoms with van der Waals surface area (Å²) in [6.07, 6.45) is 0. The lowest BCUT2D eigenvalue weighted by molar-refractivity contribution is -0.118. The highest BCUT2D eigenvalue weighted by Gasteiger charge is 2.11. The van der Waals surface area contributed by atoms with E-state index in [1.54, 1.807) is 18.2 Å². The molecule has 0 aliphatic heterocycles. The molecule has 0 fully saturated rings. The molecule has 0 aliphatic carbocycles. The molecule has 5 nitrogen and oxygen atoms in total. The predicted octanol–water partition coefficient (Wildman–Crippen LogP) is 6.40. The van der Waals surface area contributed by atoms with Gasteiger partial charge >= 0.3 is 0 Å². The standard InChI is InChI=1S/C24H21BrN2O3/c1-15(2)16-6-9-20(10-7-16)29-14-23(28)26-19-8-11-22-21(13-19)27-24(30-22)17-4-3-5-18(25)12-17/h3-13,15H,14H2,1-2H3,(H,26,28). The number of hydrogen-bond donors (Lipinski definition) is 1. The number of aromatic nitrogens is 1. The molecule has 152 valence electrons. The van der Waals surface area contributed by atoms with Gasteiger partial charge in [0.05, 0.1) is 0 Å². The van der Waals surface area contributed by atoms with Crippen molar-refractivity contribution in [3.63, 3.8) is 0 Å². The minimum Gasteiger partial charge on any atom is -0.484 e. The first kappa shape index (κ1) is 20.2. The molecule has 4 aromatic rings. The van der Waals surface area contributed by atoms with Crippen LogP contribution in [0.3, 0.4) is 0 Å². The molecule has 1 aromatic heterocycles. The summed E-state index contributed by atoms with van der Waals surface area (Å²) in [5, 5.41) is 2.84. The summed E-state index contributed by atoms with van der Waals surface area (Å²) in [5.74, 6) is 1.42. The number of halogens is 1. The maximum atomic E-state index is 12.3. The van der Waals surface area contributed by atoms with Crippen molar-refractivity contribution >= 4 is 38.6 Å². The van der Waals surface area contributed by atoms with Crippen molar-refractivity contribution in [2.24, 2.45) is 0 Å². The van der Waals surface area contributed by atoms with Gasteiger partial charge in [0.1, 0.15) is 11.3 Å². The van der Waals surface area contributed by atoms with Crippen molar-refractivity contribution in [3.05, 3.63) is 76.8 Å². The molecule has 6 heteroatoms. The average Bonchev–Trinajstić information content (AvgIpc) is 3.16. The molecule has 0 aliphatic rings. The van der Waals surface area contributed by atoms with Crippen LogP contribution in [0.4, 0.5) is 5.69 Å². The second kappa shape index (κ2) is 8.71. The fourth-order valence-corrected chi connectivity index (χ4v) is 3.44. The summed E-state index contributed by atoms with van der Waals surface area (Å²) < 4.78 is 12.4. The van der Waals surface area contributed by atoms with E-state index in [1.807, 2.05) is 48.5 Å². The third-order valence-electron chi connectivity index (χ3n) is 4.66. The summed E-state index contributed by atoms with van der Waals surface area (Å²) >= 11 is 3.45. The van der Waals surface area contributed by atoms with Crippen LogP contribution in [0, 0.1) is 0 Å². The average molecular weight is 465 g/mol. The summed E-state index contributed by atoms with van der Waals surface area (Å²) in [4.78, 5) is 16.8. The Labute approximate surface area is 183 Å². The molecule has 0 spiro atoms. The van der Waals surface area contributed by atoms with Crippen LogP contribution in [0.2, 0.25) is 0 Å². The number of nitrogens with one attached hydrogen (secondary N) is 1. The van der Waals surface area contributed by atoms with Crippen molar-refractivity contribution in [1.29, 1.82) is 0 Å². The van der Waals surface area contributed by atoms with Gasteiger partial charge in [-0.25, -0.2) is 4.98 Å². The third-order valence-corrected chi connectivity index (χ3v) is 5.15. The largest absolute Gasteiger partial charge is 0.484 e. The van der Waals surface area contributed by atoms with Crippen molar-refractivity contribution in [1.82, 2.24) is 4.98 Å². The monoisotopic (exact) mass is 464 g/mol. The molecule has 3 aromatic carbocycles. The maximum absolute atomic E-state index is 12.3. The molecule has 0 atom stereocenters. The van der Waals surface area contributed by atoms with Crippen LogP contribution >= 0.6 is 15.9 Å². The quantitative estimate of drug-likeness (QED) is 0.358. The predicted molar refractivity (Wildman–Crippen MR) is 122 cm³/mol. The Kier molecular flexibility index (Phi) is 5.86. The molecule has 4 rings (SSSR count). The second-order valence-electron chi connectivity index (χ2n) is 7.27. The number of rotatable bonds is 6. The van der Waals surface area contributed by atoms with E-state index in [0.717, 1.165) is 10.0 Å². The van der Waals surface area contributed by atoms with Gasteiger partial charge in [-0.1, -0.05) is 48.0 Å². The molecular formula is C24H21BrN2O3. The van der Waals surface area contributed by atoms with Crippen molar-refractivity contribution in [2.75, 3.05) is 11.9 Å². The van der Waals surface area contributed by atoms with E-state index >= 15 is 0 Å². The minimum absolute atomic E-state index is 0.0683. The number of anilines is 1. The molecule has 1 heterocycles. The summed E-state index contributed by atoms with van der Waals surface area (Å²) in [5.41, 5.74) is 4.08.